The second-order valence-electron chi connectivity index (χ2n) is 4.71. The van der Waals surface area contributed by atoms with Crippen molar-refractivity contribution in [3.8, 4) is 11.5 Å². The fourth-order valence-electron chi connectivity index (χ4n) is 2.16. The molecular formula is C17H14ClNO. The number of ether oxygens (including phenoxy) is 1. The Morgan fingerprint density at radius 3 is 2.45 bits per heavy atom. The highest BCUT2D eigenvalue weighted by Crippen LogP contribution is 2.34. The SMILES string of the molecule is Cc1cc(Oc2ccc(Cl)c3ccccc23)ccc1N. The molecule has 2 nitrogen and oxygen atoms in total. The van der Waals surface area contributed by atoms with Crippen LogP contribution in [0.2, 0.25) is 5.02 Å². The Morgan fingerprint density at radius 2 is 1.70 bits per heavy atom. The van der Waals surface area contributed by atoms with Crippen molar-refractivity contribution >= 4 is 28.1 Å². The van der Waals surface area contributed by atoms with Crippen LogP contribution in [-0.2, 0) is 0 Å². The molecule has 0 heterocycles. The van der Waals surface area contributed by atoms with Crippen LogP contribution >= 0.6 is 11.6 Å². The first-order valence-electron chi connectivity index (χ1n) is 6.36. The first-order chi connectivity index (χ1) is 9.65. The van der Waals surface area contributed by atoms with E-state index in [1.54, 1.807) is 0 Å². The molecule has 20 heavy (non-hydrogen) atoms. The lowest BCUT2D eigenvalue weighted by Crippen LogP contribution is -1.91. The zero-order chi connectivity index (χ0) is 14.1. The minimum atomic E-state index is 0.724. The molecule has 0 fully saturated rings. The van der Waals surface area contributed by atoms with Gasteiger partial charge in [-0.15, -0.1) is 0 Å². The van der Waals surface area contributed by atoms with Crippen molar-refractivity contribution in [3.05, 3.63) is 65.2 Å². The van der Waals surface area contributed by atoms with Crippen LogP contribution in [-0.4, -0.2) is 0 Å². The summed E-state index contributed by atoms with van der Waals surface area (Å²) in [6.45, 7) is 1.96. The van der Waals surface area contributed by atoms with Crippen molar-refractivity contribution < 1.29 is 4.74 Å². The third kappa shape index (κ3) is 2.30. The van der Waals surface area contributed by atoms with Crippen LogP contribution in [0.15, 0.2) is 54.6 Å². The number of fused-ring (bicyclic) bond motifs is 1. The van der Waals surface area contributed by atoms with Crippen molar-refractivity contribution in [1.29, 1.82) is 0 Å². The van der Waals surface area contributed by atoms with Gasteiger partial charge in [-0.2, -0.15) is 0 Å². The van der Waals surface area contributed by atoms with Crippen LogP contribution in [0.4, 0.5) is 5.69 Å². The number of halogens is 1. The van der Waals surface area contributed by atoms with Gasteiger partial charge in [-0.25, -0.2) is 0 Å². The van der Waals surface area contributed by atoms with Crippen LogP contribution in [0.25, 0.3) is 10.8 Å². The van der Waals surface area contributed by atoms with E-state index in [-0.39, 0.29) is 0 Å². The Labute approximate surface area is 122 Å². The summed E-state index contributed by atoms with van der Waals surface area (Å²) >= 11 is 6.21. The fourth-order valence-corrected chi connectivity index (χ4v) is 2.39. The number of hydrogen-bond acceptors (Lipinski definition) is 2. The van der Waals surface area contributed by atoms with Crippen LogP contribution in [0.1, 0.15) is 5.56 Å². The summed E-state index contributed by atoms with van der Waals surface area (Å²) in [5.41, 5.74) is 7.58. The van der Waals surface area contributed by atoms with Gasteiger partial charge in [-0.1, -0.05) is 35.9 Å². The van der Waals surface area contributed by atoms with Crippen molar-refractivity contribution in [1.82, 2.24) is 0 Å². The smallest absolute Gasteiger partial charge is 0.135 e. The Balaban J connectivity index is 2.06. The van der Waals surface area contributed by atoms with E-state index in [4.69, 9.17) is 22.1 Å². The van der Waals surface area contributed by atoms with E-state index in [1.807, 2.05) is 61.5 Å². The zero-order valence-electron chi connectivity index (χ0n) is 11.1. The first-order valence-corrected chi connectivity index (χ1v) is 6.74. The Kier molecular flexibility index (Phi) is 3.25. The molecular weight excluding hydrogens is 270 g/mol. The summed E-state index contributed by atoms with van der Waals surface area (Å²) in [6, 6.07) is 17.3. The fraction of sp³-hybridized carbons (Fsp3) is 0.0588. The van der Waals surface area contributed by atoms with Crippen molar-refractivity contribution in [3.63, 3.8) is 0 Å². The average molecular weight is 284 g/mol. The number of nitrogens with two attached hydrogens (primary N) is 1. The third-order valence-corrected chi connectivity index (χ3v) is 3.63. The van der Waals surface area contributed by atoms with Crippen LogP contribution < -0.4 is 10.5 Å². The second kappa shape index (κ2) is 5.06. The van der Waals surface area contributed by atoms with Crippen LogP contribution in [0.3, 0.4) is 0 Å². The van der Waals surface area contributed by atoms with Gasteiger partial charge in [0.25, 0.3) is 0 Å². The summed E-state index contributed by atoms with van der Waals surface area (Å²) in [7, 11) is 0. The maximum Gasteiger partial charge on any atom is 0.135 e. The lowest BCUT2D eigenvalue weighted by molar-refractivity contribution is 0.488. The zero-order valence-corrected chi connectivity index (χ0v) is 11.8. The van der Waals surface area contributed by atoms with Crippen molar-refractivity contribution in [2.75, 3.05) is 5.73 Å². The topological polar surface area (TPSA) is 35.2 Å². The number of nitrogen functional groups attached to an aromatic ring is 1. The predicted octanol–water partition coefficient (Wildman–Crippen LogP) is 5.18. The number of aryl methyl sites for hydroxylation is 1. The van der Waals surface area contributed by atoms with E-state index >= 15 is 0 Å². The van der Waals surface area contributed by atoms with E-state index in [0.717, 1.165) is 38.5 Å². The van der Waals surface area contributed by atoms with Crippen molar-refractivity contribution in [2.45, 2.75) is 6.92 Å². The molecule has 0 saturated carbocycles. The third-order valence-electron chi connectivity index (χ3n) is 3.30. The second-order valence-corrected chi connectivity index (χ2v) is 5.12. The van der Waals surface area contributed by atoms with Gasteiger partial charge >= 0.3 is 0 Å². The number of benzene rings is 3. The minimum Gasteiger partial charge on any atom is -0.457 e. The van der Waals surface area contributed by atoms with Gasteiger partial charge in [0, 0.05) is 21.5 Å². The predicted molar refractivity (Wildman–Crippen MR) is 84.6 cm³/mol. The Morgan fingerprint density at radius 1 is 0.950 bits per heavy atom. The molecule has 0 saturated heterocycles. The molecule has 100 valence electrons. The molecule has 0 aliphatic heterocycles. The van der Waals surface area contributed by atoms with Crippen molar-refractivity contribution in [2.24, 2.45) is 0 Å². The number of anilines is 1. The molecule has 0 atom stereocenters. The molecule has 3 aromatic rings. The van der Waals surface area contributed by atoms with Gasteiger partial charge in [0.2, 0.25) is 0 Å². The molecule has 0 spiro atoms. The maximum atomic E-state index is 6.21. The molecule has 2 N–H and O–H groups in total. The van der Waals surface area contributed by atoms with Gasteiger partial charge in [0.15, 0.2) is 0 Å². The highest BCUT2D eigenvalue weighted by Gasteiger charge is 2.07. The van der Waals surface area contributed by atoms with E-state index in [0.29, 0.717) is 0 Å². The highest BCUT2D eigenvalue weighted by atomic mass is 35.5. The molecule has 0 bridgehead atoms. The molecule has 0 radical (unpaired) electrons. The summed E-state index contributed by atoms with van der Waals surface area (Å²) in [4.78, 5) is 0. The molecule has 3 heteroatoms. The number of hydrogen-bond donors (Lipinski definition) is 1. The quantitative estimate of drug-likeness (QED) is 0.658. The standard InChI is InChI=1S/C17H14ClNO/c1-11-10-12(6-8-16(11)19)20-17-9-7-15(18)13-4-2-3-5-14(13)17/h2-10H,19H2,1H3. The molecule has 0 aliphatic carbocycles. The maximum absolute atomic E-state index is 6.21. The van der Waals surface area contributed by atoms with Gasteiger partial charge in [0.1, 0.15) is 11.5 Å². The van der Waals surface area contributed by atoms with Gasteiger partial charge < -0.3 is 10.5 Å². The van der Waals surface area contributed by atoms with E-state index < -0.39 is 0 Å². The minimum absolute atomic E-state index is 0.724. The first kappa shape index (κ1) is 12.8. The van der Waals surface area contributed by atoms with E-state index in [1.165, 1.54) is 0 Å². The summed E-state index contributed by atoms with van der Waals surface area (Å²) in [6.07, 6.45) is 0. The highest BCUT2D eigenvalue weighted by molar-refractivity contribution is 6.35. The molecule has 0 aliphatic rings. The largest absolute Gasteiger partial charge is 0.457 e. The van der Waals surface area contributed by atoms with Crippen LogP contribution in [0, 0.1) is 6.92 Å². The van der Waals surface area contributed by atoms with E-state index in [2.05, 4.69) is 0 Å². The van der Waals surface area contributed by atoms with Crippen LogP contribution in [0.5, 0.6) is 11.5 Å². The normalized spacial score (nSPS) is 10.7. The molecule has 0 amide bonds. The van der Waals surface area contributed by atoms with Gasteiger partial charge in [0.05, 0.1) is 0 Å². The summed E-state index contributed by atoms with van der Waals surface area (Å²) in [5.74, 6) is 1.55. The monoisotopic (exact) mass is 283 g/mol. The molecule has 3 aromatic carbocycles. The van der Waals surface area contributed by atoms with E-state index in [9.17, 15) is 0 Å². The van der Waals surface area contributed by atoms with Gasteiger partial charge in [-0.3, -0.25) is 0 Å². The summed E-state index contributed by atoms with van der Waals surface area (Å²) in [5, 5.41) is 2.70. The Hall–Kier alpha value is -2.19. The lowest BCUT2D eigenvalue weighted by atomic mass is 10.1. The molecule has 0 unspecified atom stereocenters. The molecule has 3 rings (SSSR count). The Bertz CT molecular complexity index is 783. The average Bonchev–Trinajstić information content (AvgIpc) is 2.46. The summed E-state index contributed by atoms with van der Waals surface area (Å²) < 4.78 is 5.97. The molecule has 0 aromatic heterocycles. The van der Waals surface area contributed by atoms with Gasteiger partial charge in [-0.05, 0) is 42.8 Å². The number of rotatable bonds is 2. The lowest BCUT2D eigenvalue weighted by Gasteiger charge is -2.11.